The van der Waals surface area contributed by atoms with Gasteiger partial charge in [0.1, 0.15) is 6.54 Å². The van der Waals surface area contributed by atoms with Gasteiger partial charge in [0.25, 0.3) is 0 Å². The maximum atomic E-state index is 11.3. The van der Waals surface area contributed by atoms with Gasteiger partial charge in [-0.15, -0.1) is 6.58 Å². The highest BCUT2D eigenvalue weighted by atomic mass is 16.4. The molecule has 0 saturated heterocycles. The molecule has 0 aromatic heterocycles. The molecule has 0 atom stereocenters. The van der Waals surface area contributed by atoms with Crippen LogP contribution in [0.3, 0.4) is 0 Å². The maximum Gasteiger partial charge on any atom is 0.322 e. The van der Waals surface area contributed by atoms with Crippen LogP contribution in [0.15, 0.2) is 12.7 Å². The lowest BCUT2D eigenvalue weighted by Gasteiger charge is -2.15. The predicted octanol–water partition coefficient (Wildman–Crippen LogP) is 0.865. The van der Waals surface area contributed by atoms with Gasteiger partial charge < -0.3 is 10.4 Å². The Morgan fingerprint density at radius 2 is 2.06 bits per heavy atom. The molecule has 1 amide bonds. The third kappa shape index (κ3) is 10.9. The summed E-state index contributed by atoms with van der Waals surface area (Å²) in [7, 11) is 1.86. The standard InChI is InChI=1S/C12H22N2O3/c1-3-4-5-6-7-8-14(2)10-11(15)13-9-12(16)17/h3H,1,4-10H2,2H3,(H,13,15)(H,16,17). The van der Waals surface area contributed by atoms with Gasteiger partial charge in [-0.05, 0) is 32.9 Å². The highest BCUT2D eigenvalue weighted by molar-refractivity contribution is 5.82. The van der Waals surface area contributed by atoms with Crippen molar-refractivity contribution in [3.05, 3.63) is 12.7 Å². The summed E-state index contributed by atoms with van der Waals surface area (Å²) >= 11 is 0. The average Bonchev–Trinajstić information content (AvgIpc) is 2.26. The van der Waals surface area contributed by atoms with E-state index in [-0.39, 0.29) is 19.0 Å². The molecule has 0 aromatic rings. The summed E-state index contributed by atoms with van der Waals surface area (Å²) in [5.41, 5.74) is 0. The van der Waals surface area contributed by atoms with E-state index in [0.29, 0.717) is 0 Å². The number of carboxylic acid groups (broad SMARTS) is 1. The van der Waals surface area contributed by atoms with E-state index in [1.165, 1.54) is 0 Å². The van der Waals surface area contributed by atoms with Crippen LogP contribution in [0.25, 0.3) is 0 Å². The van der Waals surface area contributed by atoms with Crippen molar-refractivity contribution in [3.8, 4) is 0 Å². The van der Waals surface area contributed by atoms with E-state index in [2.05, 4.69) is 11.9 Å². The second-order valence-electron chi connectivity index (χ2n) is 4.05. The molecular weight excluding hydrogens is 220 g/mol. The lowest BCUT2D eigenvalue weighted by molar-refractivity contribution is -0.138. The Hall–Kier alpha value is -1.36. The zero-order valence-corrected chi connectivity index (χ0v) is 10.4. The molecule has 0 saturated carbocycles. The number of carbonyl (C=O) groups is 2. The van der Waals surface area contributed by atoms with E-state index in [9.17, 15) is 9.59 Å². The van der Waals surface area contributed by atoms with Crippen molar-refractivity contribution in [2.75, 3.05) is 26.7 Å². The topological polar surface area (TPSA) is 69.6 Å². The molecule has 0 spiro atoms. The SMILES string of the molecule is C=CCCCCCN(C)CC(=O)NCC(=O)O. The van der Waals surface area contributed by atoms with Crippen LogP contribution >= 0.6 is 0 Å². The molecule has 5 nitrogen and oxygen atoms in total. The minimum absolute atomic E-state index is 0.245. The van der Waals surface area contributed by atoms with Crippen molar-refractivity contribution in [2.45, 2.75) is 25.7 Å². The summed E-state index contributed by atoms with van der Waals surface area (Å²) in [5.74, 6) is -1.27. The molecule has 0 aliphatic rings. The first-order valence-electron chi connectivity index (χ1n) is 5.84. The minimum Gasteiger partial charge on any atom is -0.480 e. The Morgan fingerprint density at radius 1 is 1.35 bits per heavy atom. The first-order chi connectivity index (χ1) is 8.06. The van der Waals surface area contributed by atoms with Crippen molar-refractivity contribution in [2.24, 2.45) is 0 Å². The van der Waals surface area contributed by atoms with E-state index in [4.69, 9.17) is 5.11 Å². The van der Waals surface area contributed by atoms with E-state index >= 15 is 0 Å². The monoisotopic (exact) mass is 242 g/mol. The quantitative estimate of drug-likeness (QED) is 0.440. The number of likely N-dealkylation sites (N-methyl/N-ethyl adjacent to an activating group) is 1. The van der Waals surface area contributed by atoms with Gasteiger partial charge in [-0.1, -0.05) is 12.5 Å². The number of rotatable bonds is 10. The Kier molecular flexibility index (Phi) is 9.05. The van der Waals surface area contributed by atoms with E-state index in [1.54, 1.807) is 0 Å². The minimum atomic E-state index is -1.02. The smallest absolute Gasteiger partial charge is 0.322 e. The number of carboxylic acids is 1. The molecule has 0 bridgehead atoms. The number of nitrogens with one attached hydrogen (secondary N) is 1. The van der Waals surface area contributed by atoms with Crippen LogP contribution in [-0.2, 0) is 9.59 Å². The molecular formula is C12H22N2O3. The molecule has 5 heteroatoms. The number of unbranched alkanes of at least 4 members (excludes halogenated alkanes) is 3. The number of aliphatic carboxylic acids is 1. The third-order valence-electron chi connectivity index (χ3n) is 2.30. The lowest BCUT2D eigenvalue weighted by atomic mass is 10.2. The van der Waals surface area contributed by atoms with Gasteiger partial charge in [0.15, 0.2) is 0 Å². The first kappa shape index (κ1) is 15.6. The van der Waals surface area contributed by atoms with Crippen LogP contribution in [0.4, 0.5) is 0 Å². The van der Waals surface area contributed by atoms with Gasteiger partial charge in [0, 0.05) is 0 Å². The molecule has 0 fully saturated rings. The summed E-state index contributed by atoms with van der Waals surface area (Å²) in [4.78, 5) is 23.4. The molecule has 2 N–H and O–H groups in total. The normalized spacial score (nSPS) is 10.2. The fraction of sp³-hybridized carbons (Fsp3) is 0.667. The van der Waals surface area contributed by atoms with E-state index in [1.807, 2.05) is 18.0 Å². The summed E-state index contributed by atoms with van der Waals surface area (Å²) < 4.78 is 0. The van der Waals surface area contributed by atoms with Crippen LogP contribution in [0.1, 0.15) is 25.7 Å². The number of allylic oxidation sites excluding steroid dienone is 1. The average molecular weight is 242 g/mol. The third-order valence-corrected chi connectivity index (χ3v) is 2.30. The van der Waals surface area contributed by atoms with Crippen LogP contribution in [0.2, 0.25) is 0 Å². The molecule has 0 unspecified atom stereocenters. The highest BCUT2D eigenvalue weighted by Gasteiger charge is 2.07. The molecule has 0 heterocycles. The molecule has 0 aliphatic heterocycles. The highest BCUT2D eigenvalue weighted by Crippen LogP contribution is 2.00. The van der Waals surface area contributed by atoms with Gasteiger partial charge in [-0.2, -0.15) is 0 Å². The molecule has 0 aliphatic carbocycles. The molecule has 98 valence electrons. The first-order valence-corrected chi connectivity index (χ1v) is 5.84. The zero-order chi connectivity index (χ0) is 13.1. The van der Waals surface area contributed by atoms with Gasteiger partial charge in [0.2, 0.25) is 5.91 Å². The van der Waals surface area contributed by atoms with Crippen molar-refractivity contribution in [1.29, 1.82) is 0 Å². The van der Waals surface area contributed by atoms with Crippen molar-refractivity contribution < 1.29 is 14.7 Å². The van der Waals surface area contributed by atoms with Crippen LogP contribution < -0.4 is 5.32 Å². The van der Waals surface area contributed by atoms with Crippen molar-refractivity contribution in [3.63, 3.8) is 0 Å². The second-order valence-corrected chi connectivity index (χ2v) is 4.05. The van der Waals surface area contributed by atoms with Crippen molar-refractivity contribution >= 4 is 11.9 Å². The second kappa shape index (κ2) is 9.84. The summed E-state index contributed by atoms with van der Waals surface area (Å²) in [6, 6.07) is 0. The van der Waals surface area contributed by atoms with Gasteiger partial charge in [0.05, 0.1) is 6.54 Å². The van der Waals surface area contributed by atoms with Crippen LogP contribution in [-0.4, -0.2) is 48.6 Å². The molecule has 0 radical (unpaired) electrons. The van der Waals surface area contributed by atoms with Crippen molar-refractivity contribution in [1.82, 2.24) is 10.2 Å². The number of amides is 1. The molecule has 17 heavy (non-hydrogen) atoms. The van der Waals surface area contributed by atoms with Crippen LogP contribution in [0.5, 0.6) is 0 Å². The largest absolute Gasteiger partial charge is 0.480 e. The summed E-state index contributed by atoms with van der Waals surface area (Å²) in [5, 5.41) is 10.7. The fourth-order valence-electron chi connectivity index (χ4n) is 1.40. The van der Waals surface area contributed by atoms with Gasteiger partial charge in [-0.3, -0.25) is 14.5 Å². The zero-order valence-electron chi connectivity index (χ0n) is 10.4. The fourth-order valence-corrected chi connectivity index (χ4v) is 1.40. The number of nitrogens with zero attached hydrogens (tertiary/aromatic N) is 1. The van der Waals surface area contributed by atoms with E-state index in [0.717, 1.165) is 32.2 Å². The Balaban J connectivity index is 3.49. The summed E-state index contributed by atoms with van der Waals surface area (Å²) in [6.45, 7) is 4.43. The maximum absolute atomic E-state index is 11.3. The van der Waals surface area contributed by atoms with Crippen LogP contribution in [0, 0.1) is 0 Å². The molecule has 0 rings (SSSR count). The number of carbonyl (C=O) groups excluding carboxylic acids is 1. The Bertz CT molecular complexity index is 254. The lowest BCUT2D eigenvalue weighted by Crippen LogP contribution is -2.37. The number of hydrogen-bond donors (Lipinski definition) is 2. The Labute approximate surface area is 102 Å². The predicted molar refractivity (Wildman–Crippen MR) is 66.8 cm³/mol. The van der Waals surface area contributed by atoms with E-state index < -0.39 is 5.97 Å². The summed E-state index contributed by atoms with van der Waals surface area (Å²) in [6.07, 6.45) is 6.22. The number of hydrogen-bond acceptors (Lipinski definition) is 3. The van der Waals surface area contributed by atoms with Gasteiger partial charge in [-0.25, -0.2) is 0 Å². The Morgan fingerprint density at radius 3 is 2.65 bits per heavy atom. The van der Waals surface area contributed by atoms with Gasteiger partial charge >= 0.3 is 5.97 Å². The molecule has 0 aromatic carbocycles.